The molecule has 2 bridgehead atoms. The van der Waals surface area contributed by atoms with Gasteiger partial charge in [0.1, 0.15) is 0 Å². The van der Waals surface area contributed by atoms with Crippen LogP contribution in [0.15, 0.2) is 42.5 Å². The van der Waals surface area contributed by atoms with Gasteiger partial charge in [-0.15, -0.1) is 0 Å². The van der Waals surface area contributed by atoms with Crippen LogP contribution in [-0.2, 0) is 20.9 Å². The van der Waals surface area contributed by atoms with Crippen LogP contribution in [0.4, 0.5) is 0 Å². The standard InChI is InChI=1S/C15H13NO3/c17-14-12-10-6-7-11(19-10)13(12)15(18)16(14)8-9-4-2-1-3-5-9/h1-7,10-13H,8H2/t10-,11-,12-,13+/m1/s1. The molecular formula is C15H13NO3. The van der Waals surface area contributed by atoms with Gasteiger partial charge in [0.05, 0.1) is 30.6 Å². The maximum absolute atomic E-state index is 12.4. The second-order valence-corrected chi connectivity index (χ2v) is 5.25. The van der Waals surface area contributed by atoms with Gasteiger partial charge in [0.2, 0.25) is 11.8 Å². The van der Waals surface area contributed by atoms with Gasteiger partial charge in [-0.3, -0.25) is 14.5 Å². The molecule has 0 saturated carbocycles. The van der Waals surface area contributed by atoms with Crippen molar-refractivity contribution < 1.29 is 14.3 Å². The second kappa shape index (κ2) is 3.78. The number of hydrogen-bond acceptors (Lipinski definition) is 3. The monoisotopic (exact) mass is 255 g/mol. The summed E-state index contributed by atoms with van der Waals surface area (Å²) in [5.74, 6) is -0.774. The van der Waals surface area contributed by atoms with E-state index in [1.165, 1.54) is 4.90 Å². The van der Waals surface area contributed by atoms with Gasteiger partial charge in [0.15, 0.2) is 0 Å². The molecule has 0 radical (unpaired) electrons. The van der Waals surface area contributed by atoms with Crippen LogP contribution >= 0.6 is 0 Å². The van der Waals surface area contributed by atoms with Gasteiger partial charge in [0, 0.05) is 0 Å². The fourth-order valence-electron chi connectivity index (χ4n) is 3.29. The van der Waals surface area contributed by atoms with E-state index < -0.39 is 0 Å². The number of ether oxygens (including phenoxy) is 1. The highest BCUT2D eigenvalue weighted by Gasteiger charge is 2.60. The molecule has 4 nitrogen and oxygen atoms in total. The Morgan fingerprint density at radius 1 is 0.947 bits per heavy atom. The number of rotatable bonds is 2. The molecule has 1 aromatic rings. The van der Waals surface area contributed by atoms with E-state index in [1.54, 1.807) is 0 Å². The van der Waals surface area contributed by atoms with Crippen LogP contribution in [0.3, 0.4) is 0 Å². The summed E-state index contributed by atoms with van der Waals surface area (Å²) in [5.41, 5.74) is 0.977. The average Bonchev–Trinajstić information content (AvgIpc) is 3.10. The summed E-state index contributed by atoms with van der Waals surface area (Å²) in [4.78, 5) is 26.2. The molecule has 4 atom stereocenters. The predicted octanol–water partition coefficient (Wildman–Crippen LogP) is 1.12. The van der Waals surface area contributed by atoms with Crippen molar-refractivity contribution >= 4 is 11.8 Å². The van der Waals surface area contributed by atoms with Gasteiger partial charge >= 0.3 is 0 Å². The van der Waals surface area contributed by atoms with Gasteiger partial charge in [-0.1, -0.05) is 42.5 Å². The van der Waals surface area contributed by atoms with Crippen LogP contribution < -0.4 is 0 Å². The van der Waals surface area contributed by atoms with Crippen molar-refractivity contribution in [2.24, 2.45) is 11.8 Å². The molecule has 19 heavy (non-hydrogen) atoms. The first kappa shape index (κ1) is 10.9. The summed E-state index contributed by atoms with van der Waals surface area (Å²) in [6.45, 7) is 0.366. The molecule has 0 aromatic heterocycles. The molecule has 1 aromatic carbocycles. The highest BCUT2D eigenvalue weighted by molar-refractivity contribution is 6.06. The van der Waals surface area contributed by atoms with E-state index in [9.17, 15) is 9.59 Å². The van der Waals surface area contributed by atoms with E-state index in [-0.39, 0.29) is 35.9 Å². The third kappa shape index (κ3) is 1.43. The Balaban J connectivity index is 1.62. The van der Waals surface area contributed by atoms with Crippen LogP contribution in [0.2, 0.25) is 0 Å². The third-order valence-corrected chi connectivity index (χ3v) is 4.19. The number of likely N-dealkylation sites (tertiary alicyclic amines) is 1. The Hall–Kier alpha value is -1.94. The molecule has 3 heterocycles. The maximum Gasteiger partial charge on any atom is 0.236 e. The summed E-state index contributed by atoms with van der Waals surface area (Å²) in [5, 5.41) is 0. The molecule has 2 fully saturated rings. The fourth-order valence-corrected chi connectivity index (χ4v) is 3.29. The van der Waals surface area contributed by atoms with Crippen molar-refractivity contribution in [2.75, 3.05) is 0 Å². The number of fused-ring (bicyclic) bond motifs is 5. The van der Waals surface area contributed by atoms with Crippen molar-refractivity contribution in [3.05, 3.63) is 48.0 Å². The van der Waals surface area contributed by atoms with E-state index in [1.807, 2.05) is 42.5 Å². The van der Waals surface area contributed by atoms with E-state index >= 15 is 0 Å². The van der Waals surface area contributed by atoms with Crippen LogP contribution in [0.5, 0.6) is 0 Å². The number of carbonyl (C=O) groups is 2. The Bertz CT molecular complexity index is 550. The Morgan fingerprint density at radius 2 is 1.53 bits per heavy atom. The second-order valence-electron chi connectivity index (χ2n) is 5.25. The molecule has 2 amide bonds. The zero-order valence-electron chi connectivity index (χ0n) is 10.2. The first-order valence-electron chi connectivity index (χ1n) is 6.48. The van der Waals surface area contributed by atoms with Crippen LogP contribution in [0, 0.1) is 11.8 Å². The lowest BCUT2D eigenvalue weighted by molar-refractivity contribution is -0.143. The summed E-state index contributed by atoms with van der Waals surface area (Å²) >= 11 is 0. The van der Waals surface area contributed by atoms with Gasteiger partial charge < -0.3 is 4.74 Å². The quantitative estimate of drug-likeness (QED) is 0.588. The molecule has 3 aliphatic rings. The van der Waals surface area contributed by atoms with Crippen molar-refractivity contribution in [3.63, 3.8) is 0 Å². The van der Waals surface area contributed by atoms with Crippen LogP contribution in [0.25, 0.3) is 0 Å². The molecule has 0 aliphatic carbocycles. The molecule has 2 saturated heterocycles. The molecule has 0 N–H and O–H groups in total. The highest BCUT2D eigenvalue weighted by Crippen LogP contribution is 2.45. The van der Waals surface area contributed by atoms with Crippen molar-refractivity contribution in [3.8, 4) is 0 Å². The number of carbonyl (C=O) groups excluding carboxylic acids is 2. The molecular weight excluding hydrogens is 242 g/mol. The van der Waals surface area contributed by atoms with Crippen molar-refractivity contribution in [1.82, 2.24) is 4.90 Å². The van der Waals surface area contributed by atoms with Crippen molar-refractivity contribution in [2.45, 2.75) is 18.8 Å². The largest absolute Gasteiger partial charge is 0.365 e. The number of amides is 2. The molecule has 4 rings (SSSR count). The van der Waals surface area contributed by atoms with Gasteiger partial charge in [-0.2, -0.15) is 0 Å². The first-order chi connectivity index (χ1) is 9.25. The molecule has 0 spiro atoms. The number of imide groups is 1. The SMILES string of the molecule is O=C1[C@@H]2[C@H](C(=O)N1Cc1ccccc1)[C@H]1C=C[C@H]2O1. The molecule has 0 unspecified atom stereocenters. The van der Waals surface area contributed by atoms with E-state index in [2.05, 4.69) is 0 Å². The normalized spacial score (nSPS) is 35.3. The minimum atomic E-state index is -0.300. The van der Waals surface area contributed by atoms with Gasteiger partial charge in [-0.05, 0) is 5.56 Å². The highest BCUT2D eigenvalue weighted by atomic mass is 16.5. The zero-order chi connectivity index (χ0) is 13.0. The molecule has 96 valence electrons. The van der Waals surface area contributed by atoms with Crippen molar-refractivity contribution in [1.29, 1.82) is 0 Å². The minimum Gasteiger partial charge on any atom is -0.365 e. The van der Waals surface area contributed by atoms with E-state index in [0.29, 0.717) is 6.54 Å². The summed E-state index contributed by atoms with van der Waals surface area (Å²) in [7, 11) is 0. The maximum atomic E-state index is 12.4. The summed E-state index contributed by atoms with van der Waals surface area (Å²) < 4.78 is 5.60. The molecule has 3 aliphatic heterocycles. The van der Waals surface area contributed by atoms with Gasteiger partial charge in [-0.25, -0.2) is 0 Å². The topological polar surface area (TPSA) is 46.6 Å². The zero-order valence-corrected chi connectivity index (χ0v) is 10.2. The smallest absolute Gasteiger partial charge is 0.236 e. The fraction of sp³-hybridized carbons (Fsp3) is 0.333. The van der Waals surface area contributed by atoms with Crippen LogP contribution in [-0.4, -0.2) is 28.9 Å². The summed E-state index contributed by atoms with van der Waals surface area (Å²) in [6.07, 6.45) is 3.41. The first-order valence-corrected chi connectivity index (χ1v) is 6.48. The number of nitrogens with zero attached hydrogens (tertiary/aromatic N) is 1. The lowest BCUT2D eigenvalue weighted by atomic mass is 9.85. The lowest BCUT2D eigenvalue weighted by Gasteiger charge is -2.17. The van der Waals surface area contributed by atoms with Crippen LogP contribution in [0.1, 0.15) is 5.56 Å². The Labute approximate surface area is 110 Å². The average molecular weight is 255 g/mol. The lowest BCUT2D eigenvalue weighted by Crippen LogP contribution is -2.33. The number of hydrogen-bond donors (Lipinski definition) is 0. The predicted molar refractivity (Wildman–Crippen MR) is 66.8 cm³/mol. The Morgan fingerprint density at radius 3 is 2.11 bits per heavy atom. The summed E-state index contributed by atoms with van der Waals surface area (Å²) in [6, 6.07) is 9.60. The van der Waals surface area contributed by atoms with E-state index in [4.69, 9.17) is 4.74 Å². The molecule has 4 heteroatoms. The third-order valence-electron chi connectivity index (χ3n) is 4.19. The van der Waals surface area contributed by atoms with E-state index in [0.717, 1.165) is 5.56 Å². The van der Waals surface area contributed by atoms with Gasteiger partial charge in [0.25, 0.3) is 0 Å². The Kier molecular flexibility index (Phi) is 2.17. The number of benzene rings is 1. The minimum absolute atomic E-state index is 0.0873.